The van der Waals surface area contributed by atoms with E-state index in [2.05, 4.69) is 39.4 Å². The molecule has 0 radical (unpaired) electrons. The van der Waals surface area contributed by atoms with Gasteiger partial charge in [-0.15, -0.1) is 0 Å². The summed E-state index contributed by atoms with van der Waals surface area (Å²) in [7, 11) is 1.36. The quantitative estimate of drug-likeness (QED) is 0.623. The standard InChI is InChI=1S/C12H26BN/c1-9(2)6-11-7-14(10(3)4)8-12(11)13-5/h9-13H,6-8H2,1-5H3. The van der Waals surface area contributed by atoms with Crippen LogP contribution in [0.1, 0.15) is 34.1 Å². The van der Waals surface area contributed by atoms with E-state index in [1.165, 1.54) is 26.8 Å². The fraction of sp³-hybridized carbons (Fsp3) is 1.00. The SMILES string of the molecule is CBC1CN(C(C)C)CC1CC(C)C. The van der Waals surface area contributed by atoms with Gasteiger partial charge in [-0.25, -0.2) is 0 Å². The maximum Gasteiger partial charge on any atom is 0.123 e. The Kier molecular flexibility index (Phi) is 4.50. The summed E-state index contributed by atoms with van der Waals surface area (Å²) in [5, 5.41) is 0. The molecule has 0 spiro atoms. The molecule has 2 atom stereocenters. The van der Waals surface area contributed by atoms with Crippen LogP contribution in [0.2, 0.25) is 12.6 Å². The molecule has 0 aliphatic carbocycles. The smallest absolute Gasteiger partial charge is 0.123 e. The fourth-order valence-electron chi connectivity index (χ4n) is 2.73. The molecule has 2 unspecified atom stereocenters. The number of nitrogens with zero attached hydrogens (tertiary/aromatic N) is 1. The molecule has 1 aliphatic rings. The van der Waals surface area contributed by atoms with E-state index >= 15 is 0 Å². The lowest BCUT2D eigenvalue weighted by molar-refractivity contribution is 0.259. The van der Waals surface area contributed by atoms with Gasteiger partial charge in [-0.1, -0.05) is 20.7 Å². The van der Waals surface area contributed by atoms with Gasteiger partial charge < -0.3 is 4.90 Å². The van der Waals surface area contributed by atoms with E-state index < -0.39 is 0 Å². The first-order valence-corrected chi connectivity index (χ1v) is 6.28. The van der Waals surface area contributed by atoms with Crippen LogP contribution in [-0.2, 0) is 0 Å². The predicted octanol–water partition coefficient (Wildman–Crippen LogP) is 2.65. The summed E-state index contributed by atoms with van der Waals surface area (Å²) in [5.74, 6) is 2.78. The molecule has 1 fully saturated rings. The van der Waals surface area contributed by atoms with Crippen LogP contribution >= 0.6 is 0 Å². The second kappa shape index (κ2) is 5.20. The van der Waals surface area contributed by atoms with Crippen LogP contribution in [0.15, 0.2) is 0 Å². The highest BCUT2D eigenvalue weighted by molar-refractivity contribution is 6.36. The first kappa shape index (κ1) is 12.1. The van der Waals surface area contributed by atoms with E-state index in [0.717, 1.165) is 23.7 Å². The van der Waals surface area contributed by atoms with Crippen molar-refractivity contribution in [2.24, 2.45) is 11.8 Å². The van der Waals surface area contributed by atoms with Gasteiger partial charge in [0.25, 0.3) is 0 Å². The Morgan fingerprint density at radius 1 is 1.21 bits per heavy atom. The molecule has 1 nitrogen and oxygen atoms in total. The van der Waals surface area contributed by atoms with Gasteiger partial charge in [0.05, 0.1) is 0 Å². The molecule has 1 aliphatic heterocycles. The van der Waals surface area contributed by atoms with Crippen molar-refractivity contribution in [2.45, 2.75) is 52.8 Å². The molecule has 0 aromatic carbocycles. The van der Waals surface area contributed by atoms with Crippen molar-refractivity contribution in [1.29, 1.82) is 0 Å². The highest BCUT2D eigenvalue weighted by atomic mass is 15.2. The minimum atomic E-state index is 0.737. The van der Waals surface area contributed by atoms with E-state index in [1.807, 2.05) is 0 Å². The number of hydrogen-bond donors (Lipinski definition) is 0. The lowest BCUT2D eigenvalue weighted by Gasteiger charge is -2.20. The third-order valence-corrected chi connectivity index (χ3v) is 3.63. The average Bonchev–Trinajstić information content (AvgIpc) is 2.46. The predicted molar refractivity (Wildman–Crippen MR) is 66.4 cm³/mol. The van der Waals surface area contributed by atoms with E-state index in [4.69, 9.17) is 0 Å². The molecule has 14 heavy (non-hydrogen) atoms. The van der Waals surface area contributed by atoms with Crippen LogP contribution in [0, 0.1) is 11.8 Å². The van der Waals surface area contributed by atoms with Crippen molar-refractivity contribution in [3.05, 3.63) is 0 Å². The van der Waals surface area contributed by atoms with Crippen LogP contribution in [0.25, 0.3) is 0 Å². The van der Waals surface area contributed by atoms with Crippen molar-refractivity contribution in [3.63, 3.8) is 0 Å². The number of rotatable bonds is 4. The van der Waals surface area contributed by atoms with Crippen molar-refractivity contribution in [3.8, 4) is 0 Å². The Labute approximate surface area is 90.5 Å². The average molecular weight is 195 g/mol. The summed E-state index contributed by atoms with van der Waals surface area (Å²) in [4.78, 5) is 2.65. The molecule has 0 bridgehead atoms. The highest BCUT2D eigenvalue weighted by Crippen LogP contribution is 2.33. The molecule has 0 saturated carbocycles. The second-order valence-corrected chi connectivity index (χ2v) is 5.61. The molecule has 0 aromatic rings. The summed E-state index contributed by atoms with van der Waals surface area (Å²) >= 11 is 0. The van der Waals surface area contributed by atoms with E-state index in [9.17, 15) is 0 Å². The van der Waals surface area contributed by atoms with E-state index in [-0.39, 0.29) is 0 Å². The maximum absolute atomic E-state index is 2.65. The Morgan fingerprint density at radius 2 is 1.86 bits per heavy atom. The van der Waals surface area contributed by atoms with Gasteiger partial charge >= 0.3 is 0 Å². The van der Waals surface area contributed by atoms with Crippen LogP contribution in [0.3, 0.4) is 0 Å². The van der Waals surface area contributed by atoms with Crippen LogP contribution < -0.4 is 0 Å². The molecular formula is C12H26BN. The normalized spacial score (nSPS) is 29.1. The van der Waals surface area contributed by atoms with Crippen LogP contribution in [-0.4, -0.2) is 31.3 Å². The van der Waals surface area contributed by atoms with E-state index in [1.54, 1.807) is 0 Å². The number of hydrogen-bond acceptors (Lipinski definition) is 1. The van der Waals surface area contributed by atoms with Gasteiger partial charge in [0.1, 0.15) is 7.28 Å². The first-order valence-electron chi connectivity index (χ1n) is 6.28. The largest absolute Gasteiger partial charge is 0.301 e. The van der Waals surface area contributed by atoms with E-state index in [0.29, 0.717) is 0 Å². The maximum atomic E-state index is 2.65. The van der Waals surface area contributed by atoms with Gasteiger partial charge in [0, 0.05) is 12.6 Å². The lowest BCUT2D eigenvalue weighted by Crippen LogP contribution is -2.28. The van der Waals surface area contributed by atoms with Gasteiger partial charge in [0.15, 0.2) is 0 Å². The Bertz CT molecular complexity index is 168. The fourth-order valence-corrected chi connectivity index (χ4v) is 2.73. The third kappa shape index (κ3) is 3.01. The topological polar surface area (TPSA) is 3.24 Å². The molecule has 0 N–H and O–H groups in total. The lowest BCUT2D eigenvalue weighted by atomic mass is 9.61. The zero-order valence-corrected chi connectivity index (χ0v) is 10.6. The third-order valence-electron chi connectivity index (χ3n) is 3.63. The molecule has 0 aromatic heterocycles. The van der Waals surface area contributed by atoms with Gasteiger partial charge in [-0.3, -0.25) is 0 Å². The molecule has 82 valence electrons. The Morgan fingerprint density at radius 3 is 2.29 bits per heavy atom. The summed E-state index contributed by atoms with van der Waals surface area (Å²) in [5.41, 5.74) is 0. The zero-order valence-electron chi connectivity index (χ0n) is 10.6. The van der Waals surface area contributed by atoms with Gasteiger partial charge in [0.2, 0.25) is 0 Å². The summed E-state index contributed by atoms with van der Waals surface area (Å²) in [6, 6.07) is 0.737. The van der Waals surface area contributed by atoms with Gasteiger partial charge in [-0.2, -0.15) is 0 Å². The second-order valence-electron chi connectivity index (χ2n) is 5.61. The Hall–Kier alpha value is 0.0249. The highest BCUT2D eigenvalue weighted by Gasteiger charge is 2.32. The number of likely N-dealkylation sites (tertiary alicyclic amines) is 1. The van der Waals surface area contributed by atoms with Crippen molar-refractivity contribution >= 4 is 7.28 Å². The minimum Gasteiger partial charge on any atom is -0.301 e. The zero-order chi connectivity index (χ0) is 10.7. The Balaban J connectivity index is 2.49. The molecular weight excluding hydrogens is 169 g/mol. The van der Waals surface area contributed by atoms with Crippen LogP contribution in [0.5, 0.6) is 0 Å². The molecule has 1 rings (SSSR count). The monoisotopic (exact) mass is 195 g/mol. The summed E-state index contributed by atoms with van der Waals surface area (Å²) in [6.07, 6.45) is 1.42. The molecule has 1 heterocycles. The molecule has 2 heteroatoms. The summed E-state index contributed by atoms with van der Waals surface area (Å²) < 4.78 is 0. The van der Waals surface area contributed by atoms with Crippen LogP contribution in [0.4, 0.5) is 0 Å². The van der Waals surface area contributed by atoms with Crippen molar-refractivity contribution in [1.82, 2.24) is 4.90 Å². The first-order chi connectivity index (χ1) is 6.54. The molecule has 0 amide bonds. The summed E-state index contributed by atoms with van der Waals surface area (Å²) in [6.45, 7) is 14.4. The molecule has 1 saturated heterocycles. The van der Waals surface area contributed by atoms with Gasteiger partial charge in [-0.05, 0) is 44.5 Å². The minimum absolute atomic E-state index is 0.737. The van der Waals surface area contributed by atoms with Crippen molar-refractivity contribution in [2.75, 3.05) is 13.1 Å². The van der Waals surface area contributed by atoms with Crippen molar-refractivity contribution < 1.29 is 0 Å².